The number of carbonyl (C=O) groups is 3. The topological polar surface area (TPSA) is 196 Å². The number of rotatable bonds is 34. The fraction of sp³-hybridized carbons (Fsp3) is 0.795. The molecule has 0 spiro atoms. The summed E-state index contributed by atoms with van der Waals surface area (Å²) >= 11 is 0. The second kappa shape index (κ2) is 39.8. The average molecular weight is 909 g/mol. The van der Waals surface area contributed by atoms with Gasteiger partial charge in [0.05, 0.1) is 24.5 Å². The quantitative estimate of drug-likeness (QED) is 0.0196. The molecule has 342 valence electrons. The zero-order valence-corrected chi connectivity index (χ0v) is 38.3. The number of hydrogen-bond donors (Lipinski definition) is 3. The molecule has 3 atom stereocenters. The van der Waals surface area contributed by atoms with E-state index in [1.165, 1.54) is 101 Å². The molecule has 0 aliphatic carbocycles. The monoisotopic (exact) mass is 909 g/mol. The molecule has 0 saturated heterocycles. The molecule has 16 heteroatoms. The van der Waals surface area contributed by atoms with Crippen molar-refractivity contribution >= 4 is 103 Å². The molecule has 0 aromatic heterocycles. The van der Waals surface area contributed by atoms with Gasteiger partial charge in [-0.25, -0.2) is 13.1 Å². The standard InChI is InChI=1S/C24H42N2O3S.C20H38O7S.2Na.2H/c1-2-3-4-5-6-7-8-9-10-11-12-13-14-15-16-17-24(27)26-30(28,29)23-20-18-22(25)19-21-23;1-5-9-11-16(7-3)14-26-19(21)13-18(28(23,24)25)20(22)27-15-17(8-4)12-10-6-2;;;;/h18-21H,2-17,25H2,1H3,(H,26,27);16-18H,5-15H2,1-4H3,(H,23,24,25);;;;. The van der Waals surface area contributed by atoms with Crippen LogP contribution >= 0.6 is 0 Å². The first-order chi connectivity index (χ1) is 27.6. The third kappa shape index (κ3) is 33.8. The summed E-state index contributed by atoms with van der Waals surface area (Å²) in [6.07, 6.45) is 25.9. The maximum atomic E-state index is 12.2. The Morgan fingerprint density at radius 3 is 1.42 bits per heavy atom. The van der Waals surface area contributed by atoms with Crippen LogP contribution in [0.15, 0.2) is 29.2 Å². The van der Waals surface area contributed by atoms with Crippen LogP contribution in [0.2, 0.25) is 0 Å². The van der Waals surface area contributed by atoms with Crippen LogP contribution in [0.3, 0.4) is 0 Å². The second-order valence-corrected chi connectivity index (χ2v) is 18.9. The van der Waals surface area contributed by atoms with Crippen LogP contribution in [-0.4, -0.2) is 117 Å². The number of ether oxygens (including phenoxy) is 2. The second-order valence-electron chi connectivity index (χ2n) is 15.7. The Hall–Kier alpha value is -0.710. The van der Waals surface area contributed by atoms with E-state index in [9.17, 15) is 35.8 Å². The Morgan fingerprint density at radius 1 is 0.617 bits per heavy atom. The summed E-state index contributed by atoms with van der Waals surface area (Å²) in [5.74, 6) is -2.05. The van der Waals surface area contributed by atoms with E-state index in [2.05, 4.69) is 25.5 Å². The molecular weight excluding hydrogens is 827 g/mol. The van der Waals surface area contributed by atoms with Gasteiger partial charge in [-0.05, 0) is 55.4 Å². The van der Waals surface area contributed by atoms with Crippen molar-refractivity contribution in [1.29, 1.82) is 0 Å². The van der Waals surface area contributed by atoms with E-state index in [0.717, 1.165) is 70.6 Å². The Bertz CT molecular complexity index is 1450. The molecule has 0 aliphatic heterocycles. The molecule has 1 rings (SSSR count). The molecule has 0 saturated carbocycles. The Balaban J connectivity index is -0.00000105. The predicted octanol–water partition coefficient (Wildman–Crippen LogP) is 9.19. The Kier molecular flexibility index (Phi) is 42.2. The summed E-state index contributed by atoms with van der Waals surface area (Å²) in [6.45, 7) is 10.6. The summed E-state index contributed by atoms with van der Waals surface area (Å²) < 4.78 is 69.2. The van der Waals surface area contributed by atoms with Crippen molar-refractivity contribution in [2.75, 3.05) is 18.9 Å². The molecule has 4 N–H and O–H groups in total. The number of anilines is 1. The van der Waals surface area contributed by atoms with Gasteiger partial charge in [0, 0.05) is 12.1 Å². The van der Waals surface area contributed by atoms with Gasteiger partial charge in [0.25, 0.3) is 20.1 Å². The van der Waals surface area contributed by atoms with E-state index in [4.69, 9.17) is 15.2 Å². The molecule has 3 unspecified atom stereocenters. The minimum atomic E-state index is -4.76. The van der Waals surface area contributed by atoms with Crippen LogP contribution in [0.4, 0.5) is 5.69 Å². The summed E-state index contributed by atoms with van der Waals surface area (Å²) in [5.41, 5.74) is 6.04. The van der Waals surface area contributed by atoms with E-state index < -0.39 is 49.7 Å². The molecular formula is C44H82N2Na2O10S2. The maximum absolute atomic E-state index is 12.2. The number of esters is 2. The molecule has 1 amide bonds. The summed E-state index contributed by atoms with van der Waals surface area (Å²) in [5, 5.41) is -1.95. The fourth-order valence-electron chi connectivity index (χ4n) is 6.38. The molecule has 0 bridgehead atoms. The number of hydrogen-bond acceptors (Lipinski definition) is 10. The zero-order chi connectivity index (χ0) is 43.7. The molecule has 0 heterocycles. The summed E-state index contributed by atoms with van der Waals surface area (Å²) in [6, 6.07) is 5.82. The number of benzene rings is 1. The van der Waals surface area contributed by atoms with Gasteiger partial charge in [-0.2, -0.15) is 8.42 Å². The SMILES string of the molecule is CCCCC(CC)COC(=O)CC(C(=O)OCC(CC)CCCC)S(=O)(=O)O.CCCCCCCCCCCCCCCCCC(=O)NS(=O)(=O)c1ccc(N)cc1.[NaH].[NaH]. The number of carbonyl (C=O) groups excluding carboxylic acids is 3. The average Bonchev–Trinajstić information content (AvgIpc) is 3.18. The van der Waals surface area contributed by atoms with Crippen molar-refractivity contribution in [3.63, 3.8) is 0 Å². The van der Waals surface area contributed by atoms with Crippen molar-refractivity contribution in [2.45, 2.75) is 205 Å². The normalized spacial score (nSPS) is 12.7. The molecule has 1 aromatic rings. The van der Waals surface area contributed by atoms with Crippen LogP contribution in [0.1, 0.15) is 195 Å². The third-order valence-corrected chi connectivity index (χ3v) is 12.9. The number of nitrogens with two attached hydrogens (primary N) is 1. The van der Waals surface area contributed by atoms with Crippen molar-refractivity contribution in [3.05, 3.63) is 24.3 Å². The predicted molar refractivity (Wildman–Crippen MR) is 249 cm³/mol. The van der Waals surface area contributed by atoms with Crippen LogP contribution in [0.25, 0.3) is 0 Å². The number of unbranched alkanes of at least 4 members (excludes halogenated alkanes) is 16. The third-order valence-electron chi connectivity index (χ3n) is 10.4. The van der Waals surface area contributed by atoms with Gasteiger partial charge in [-0.1, -0.05) is 163 Å². The number of nitrogen functional groups attached to an aromatic ring is 1. The van der Waals surface area contributed by atoms with Crippen LogP contribution in [-0.2, 0) is 44.0 Å². The Morgan fingerprint density at radius 2 is 1.02 bits per heavy atom. The van der Waals surface area contributed by atoms with Crippen LogP contribution in [0.5, 0.6) is 0 Å². The molecule has 1 aromatic carbocycles. The van der Waals surface area contributed by atoms with Crippen LogP contribution < -0.4 is 10.5 Å². The number of sulfonamides is 1. The number of amides is 1. The molecule has 12 nitrogen and oxygen atoms in total. The molecule has 0 aliphatic rings. The zero-order valence-electron chi connectivity index (χ0n) is 36.6. The van der Waals surface area contributed by atoms with Crippen LogP contribution in [0, 0.1) is 11.8 Å². The minimum absolute atomic E-state index is 0. The first-order valence-corrected chi connectivity index (χ1v) is 25.3. The van der Waals surface area contributed by atoms with Crippen molar-refractivity contribution in [2.24, 2.45) is 11.8 Å². The Labute approximate surface area is 409 Å². The van der Waals surface area contributed by atoms with Gasteiger partial charge in [0.15, 0.2) is 5.25 Å². The van der Waals surface area contributed by atoms with E-state index in [1.807, 2.05) is 13.8 Å². The molecule has 60 heavy (non-hydrogen) atoms. The fourth-order valence-corrected chi connectivity index (χ4v) is 8.06. The van der Waals surface area contributed by atoms with Crippen molar-refractivity contribution in [3.8, 4) is 0 Å². The van der Waals surface area contributed by atoms with Gasteiger partial charge in [-0.15, -0.1) is 0 Å². The number of nitrogens with one attached hydrogen (secondary N) is 1. The van der Waals surface area contributed by atoms with Crippen molar-refractivity contribution in [1.82, 2.24) is 4.72 Å². The van der Waals surface area contributed by atoms with E-state index >= 15 is 0 Å². The van der Waals surface area contributed by atoms with E-state index in [1.54, 1.807) is 0 Å². The summed E-state index contributed by atoms with van der Waals surface area (Å²) in [7, 11) is -8.57. The first kappa shape index (κ1) is 63.6. The van der Waals surface area contributed by atoms with Gasteiger partial charge >= 0.3 is 71.1 Å². The van der Waals surface area contributed by atoms with E-state index in [-0.39, 0.29) is 95.5 Å². The van der Waals surface area contributed by atoms with E-state index in [0.29, 0.717) is 5.69 Å². The van der Waals surface area contributed by atoms with Gasteiger partial charge in [-0.3, -0.25) is 18.9 Å². The summed E-state index contributed by atoms with van der Waals surface area (Å²) in [4.78, 5) is 36.2. The molecule has 0 radical (unpaired) electrons. The van der Waals surface area contributed by atoms with Gasteiger partial charge < -0.3 is 15.2 Å². The van der Waals surface area contributed by atoms with Crippen molar-refractivity contribution < 1.29 is 45.2 Å². The molecule has 0 fully saturated rings. The van der Waals surface area contributed by atoms with Gasteiger partial charge in [0.2, 0.25) is 5.91 Å². The first-order valence-electron chi connectivity index (χ1n) is 22.3. The van der Waals surface area contributed by atoms with Gasteiger partial charge in [0.1, 0.15) is 0 Å².